The van der Waals surface area contributed by atoms with E-state index < -0.39 is 10.9 Å². The highest BCUT2D eigenvalue weighted by Gasteiger charge is 2.28. The first-order chi connectivity index (χ1) is 15.9. The van der Waals surface area contributed by atoms with E-state index in [-0.39, 0.29) is 35.4 Å². The number of nitro benzene ring substituents is 1. The number of carbonyl (C=O) groups excluding carboxylic acids is 1. The van der Waals surface area contributed by atoms with Crippen LogP contribution < -0.4 is 4.74 Å². The van der Waals surface area contributed by atoms with Crippen LogP contribution in [0.5, 0.6) is 5.75 Å². The molecule has 0 amide bonds. The smallest absolute Gasteiger partial charge is 0.361 e. The first-order valence-electron chi connectivity index (χ1n) is 9.96. The number of rotatable bonds is 7. The number of non-ortho nitro benzene ring substituents is 1. The van der Waals surface area contributed by atoms with Gasteiger partial charge in [0.2, 0.25) is 5.89 Å². The average Bonchev–Trinajstić information content (AvgIpc) is 3.43. The molecule has 9 nitrogen and oxygen atoms in total. The molecule has 0 spiro atoms. The number of nitro groups is 1. The van der Waals surface area contributed by atoms with Crippen LogP contribution in [0.3, 0.4) is 0 Å². The van der Waals surface area contributed by atoms with Crippen molar-refractivity contribution in [3.8, 4) is 38.4 Å². The van der Waals surface area contributed by atoms with Gasteiger partial charge in [0, 0.05) is 11.6 Å². The van der Waals surface area contributed by atoms with Gasteiger partial charge in [0.15, 0.2) is 11.5 Å². The molecule has 0 radical (unpaired) electrons. The minimum absolute atomic E-state index is 0.0481. The lowest BCUT2D eigenvalue weighted by atomic mass is 10.1. The fraction of sp³-hybridized carbons (Fsp3) is 0.174. The fourth-order valence-corrected chi connectivity index (χ4v) is 4.22. The van der Waals surface area contributed by atoms with E-state index in [0.29, 0.717) is 16.1 Å². The summed E-state index contributed by atoms with van der Waals surface area (Å²) in [6.07, 6.45) is 0. The van der Waals surface area contributed by atoms with Crippen LogP contribution in [0.2, 0.25) is 0 Å². The number of esters is 1. The number of carbonyl (C=O) groups is 1. The summed E-state index contributed by atoms with van der Waals surface area (Å²) in [6.45, 7) is 3.67. The van der Waals surface area contributed by atoms with Gasteiger partial charge in [-0.1, -0.05) is 30.3 Å². The lowest BCUT2D eigenvalue weighted by Gasteiger charge is -2.07. The van der Waals surface area contributed by atoms with Crippen LogP contribution in [0.25, 0.3) is 32.7 Å². The van der Waals surface area contributed by atoms with Crippen molar-refractivity contribution in [1.29, 1.82) is 0 Å². The van der Waals surface area contributed by atoms with Gasteiger partial charge in [0.25, 0.3) is 5.69 Å². The Hall–Kier alpha value is -4.05. The van der Waals surface area contributed by atoms with E-state index in [4.69, 9.17) is 13.9 Å². The third-order valence-electron chi connectivity index (χ3n) is 4.75. The fourth-order valence-electron chi connectivity index (χ4n) is 3.22. The van der Waals surface area contributed by atoms with Crippen LogP contribution >= 0.6 is 11.3 Å². The highest BCUT2D eigenvalue weighted by molar-refractivity contribution is 7.18. The topological polar surface area (TPSA) is 118 Å². The molecule has 4 aromatic rings. The maximum atomic E-state index is 12.7. The first kappa shape index (κ1) is 22.2. The largest absolute Gasteiger partial charge is 0.496 e. The molecular formula is C23H19N3O6S. The number of benzene rings is 2. The van der Waals surface area contributed by atoms with Gasteiger partial charge in [-0.2, -0.15) is 0 Å². The molecule has 0 atom stereocenters. The minimum atomic E-state index is -0.673. The molecule has 33 heavy (non-hydrogen) atoms. The molecule has 0 bridgehead atoms. The Labute approximate surface area is 192 Å². The van der Waals surface area contributed by atoms with Crippen molar-refractivity contribution >= 4 is 23.0 Å². The molecule has 0 saturated heterocycles. The molecule has 0 aliphatic heterocycles. The van der Waals surface area contributed by atoms with Gasteiger partial charge in [-0.3, -0.25) is 10.1 Å². The number of nitrogens with zero attached hydrogens (tertiary/aromatic N) is 3. The Morgan fingerprint density at radius 3 is 2.61 bits per heavy atom. The van der Waals surface area contributed by atoms with Crippen LogP contribution in [0.1, 0.15) is 23.1 Å². The van der Waals surface area contributed by atoms with Crippen molar-refractivity contribution in [2.24, 2.45) is 0 Å². The Balaban J connectivity index is 1.86. The lowest BCUT2D eigenvalue weighted by molar-refractivity contribution is -0.384. The van der Waals surface area contributed by atoms with Crippen LogP contribution in [-0.4, -0.2) is 34.6 Å². The number of aromatic nitrogens is 2. The number of methoxy groups -OCH3 is 1. The number of thiazole rings is 1. The van der Waals surface area contributed by atoms with Gasteiger partial charge >= 0.3 is 5.97 Å². The van der Waals surface area contributed by atoms with Crippen molar-refractivity contribution in [2.75, 3.05) is 13.7 Å². The summed E-state index contributed by atoms with van der Waals surface area (Å²) in [5, 5.41) is 11.9. The van der Waals surface area contributed by atoms with E-state index in [1.807, 2.05) is 37.3 Å². The zero-order valence-electron chi connectivity index (χ0n) is 18.0. The summed E-state index contributed by atoms with van der Waals surface area (Å²) in [6, 6.07) is 13.7. The molecule has 0 aliphatic rings. The maximum Gasteiger partial charge on any atom is 0.361 e. The molecule has 0 unspecified atom stereocenters. The summed E-state index contributed by atoms with van der Waals surface area (Å²) in [4.78, 5) is 33.0. The van der Waals surface area contributed by atoms with Crippen molar-refractivity contribution in [2.45, 2.75) is 13.8 Å². The highest BCUT2D eigenvalue weighted by Crippen LogP contribution is 2.41. The summed E-state index contributed by atoms with van der Waals surface area (Å²) in [7, 11) is 1.38. The molecule has 0 aliphatic carbocycles. The van der Waals surface area contributed by atoms with E-state index in [1.54, 1.807) is 6.92 Å². The summed E-state index contributed by atoms with van der Waals surface area (Å²) in [5.74, 6) is -0.202. The van der Waals surface area contributed by atoms with Gasteiger partial charge in [0.1, 0.15) is 15.6 Å². The van der Waals surface area contributed by atoms with Gasteiger partial charge in [0.05, 0.1) is 36.0 Å². The predicted molar refractivity (Wildman–Crippen MR) is 122 cm³/mol. The number of aryl methyl sites for hydroxylation is 1. The first-order valence-corrected chi connectivity index (χ1v) is 10.8. The van der Waals surface area contributed by atoms with Gasteiger partial charge in [-0.15, -0.1) is 11.3 Å². The second kappa shape index (κ2) is 9.21. The van der Waals surface area contributed by atoms with E-state index in [9.17, 15) is 14.9 Å². The molecule has 0 fully saturated rings. The zero-order chi connectivity index (χ0) is 23.5. The third kappa shape index (κ3) is 4.33. The van der Waals surface area contributed by atoms with Crippen LogP contribution in [-0.2, 0) is 4.74 Å². The van der Waals surface area contributed by atoms with Crippen LogP contribution in [0, 0.1) is 17.0 Å². The maximum absolute atomic E-state index is 12.7. The molecule has 4 rings (SSSR count). The predicted octanol–water partition coefficient (Wildman–Crippen LogP) is 5.53. The van der Waals surface area contributed by atoms with E-state index >= 15 is 0 Å². The summed E-state index contributed by atoms with van der Waals surface area (Å²) >= 11 is 1.38. The Morgan fingerprint density at radius 1 is 1.18 bits per heavy atom. The molecule has 0 N–H and O–H groups in total. The lowest BCUT2D eigenvalue weighted by Crippen LogP contribution is -2.07. The normalized spacial score (nSPS) is 10.8. The minimum Gasteiger partial charge on any atom is -0.496 e. The van der Waals surface area contributed by atoms with Gasteiger partial charge in [-0.25, -0.2) is 14.8 Å². The van der Waals surface area contributed by atoms with Crippen molar-refractivity contribution in [3.63, 3.8) is 0 Å². The molecule has 0 saturated carbocycles. The van der Waals surface area contributed by atoms with E-state index in [2.05, 4.69) is 9.97 Å². The molecule has 2 aromatic carbocycles. The van der Waals surface area contributed by atoms with E-state index in [1.165, 1.54) is 36.6 Å². The molecule has 2 heterocycles. The summed E-state index contributed by atoms with van der Waals surface area (Å²) in [5.41, 5.74) is 1.78. The van der Waals surface area contributed by atoms with Crippen molar-refractivity contribution in [1.82, 2.24) is 9.97 Å². The Bertz CT molecular complexity index is 1330. The SMILES string of the molecule is CCOC(=O)c1nc(-c2sc(-c3ccccc3)nc2C)oc1-c1ccc([N+](=O)[O-])cc1OC. The van der Waals surface area contributed by atoms with Crippen LogP contribution in [0.15, 0.2) is 52.9 Å². The number of hydrogen-bond donors (Lipinski definition) is 0. The number of hydrogen-bond acceptors (Lipinski definition) is 9. The third-order valence-corrected chi connectivity index (χ3v) is 5.94. The quantitative estimate of drug-likeness (QED) is 0.198. The van der Waals surface area contributed by atoms with Gasteiger partial charge < -0.3 is 13.9 Å². The molecule has 168 valence electrons. The number of oxazole rings is 1. The van der Waals surface area contributed by atoms with Crippen LogP contribution in [0.4, 0.5) is 5.69 Å². The Morgan fingerprint density at radius 2 is 1.94 bits per heavy atom. The molecular weight excluding hydrogens is 446 g/mol. The Kier molecular flexibility index (Phi) is 6.18. The monoisotopic (exact) mass is 465 g/mol. The molecule has 2 aromatic heterocycles. The molecule has 10 heteroatoms. The number of ether oxygens (including phenoxy) is 2. The van der Waals surface area contributed by atoms with Gasteiger partial charge in [-0.05, 0) is 19.9 Å². The second-order valence-electron chi connectivity index (χ2n) is 6.86. The highest BCUT2D eigenvalue weighted by atomic mass is 32.1. The zero-order valence-corrected chi connectivity index (χ0v) is 18.8. The summed E-state index contributed by atoms with van der Waals surface area (Å²) < 4.78 is 16.5. The second-order valence-corrected chi connectivity index (χ2v) is 7.86. The van der Waals surface area contributed by atoms with Crippen molar-refractivity contribution < 1.29 is 23.6 Å². The average molecular weight is 465 g/mol. The van der Waals surface area contributed by atoms with Crippen molar-refractivity contribution in [3.05, 3.63) is 70.0 Å². The standard InChI is InChI=1S/C23H19N3O6S/c1-4-31-23(27)18-19(16-11-10-15(26(28)29)12-17(16)30-3)32-21(25-18)20-13(2)24-22(33-20)14-8-6-5-7-9-14/h5-12H,4H2,1-3H3. The van der Waals surface area contributed by atoms with E-state index in [0.717, 1.165) is 10.6 Å².